The molecular weight excluding hydrogens is 605 g/mol. The van der Waals surface area contributed by atoms with Crippen LogP contribution in [0.4, 0.5) is 26.3 Å². The lowest BCUT2D eigenvalue weighted by Crippen LogP contribution is -2.54. The van der Waals surface area contributed by atoms with Gasteiger partial charge in [-0.25, -0.2) is 0 Å². The number of ether oxygens (including phenoxy) is 1. The van der Waals surface area contributed by atoms with Gasteiger partial charge < -0.3 is 15.4 Å². The Morgan fingerprint density at radius 1 is 0.929 bits per heavy atom. The lowest BCUT2D eigenvalue weighted by Gasteiger charge is -2.42. The van der Waals surface area contributed by atoms with E-state index >= 15 is 0 Å². The van der Waals surface area contributed by atoms with E-state index in [0.717, 1.165) is 5.56 Å². The maximum absolute atomic E-state index is 13.4. The molecule has 4 atom stereocenters. The Morgan fingerprint density at radius 3 is 2.21 bits per heavy atom. The normalized spacial score (nSPS) is 24.0. The van der Waals surface area contributed by atoms with Gasteiger partial charge in [-0.1, -0.05) is 59.6 Å². The molecule has 2 saturated heterocycles. The Morgan fingerprint density at radius 2 is 1.60 bits per heavy atom. The zero-order valence-corrected chi connectivity index (χ0v) is 23.5. The Hall–Kier alpha value is -2.79. The van der Waals surface area contributed by atoms with E-state index in [4.69, 9.17) is 27.9 Å². The number of alkyl halides is 6. The van der Waals surface area contributed by atoms with E-state index in [1.165, 1.54) is 0 Å². The molecule has 2 bridgehead atoms. The Kier molecular flexibility index (Phi) is 8.55. The van der Waals surface area contributed by atoms with Gasteiger partial charge in [-0.15, -0.1) is 0 Å². The van der Waals surface area contributed by atoms with Crippen molar-refractivity contribution in [2.75, 3.05) is 0 Å². The van der Waals surface area contributed by atoms with Crippen molar-refractivity contribution in [3.63, 3.8) is 0 Å². The van der Waals surface area contributed by atoms with Crippen LogP contribution in [0.1, 0.15) is 47.1 Å². The molecule has 3 aromatic rings. The number of carbonyl (C=O) groups is 1. The van der Waals surface area contributed by atoms with Crippen LogP contribution >= 0.6 is 23.2 Å². The molecule has 0 aliphatic carbocycles. The number of rotatable bonds is 7. The number of benzene rings is 3. The quantitative estimate of drug-likeness (QED) is 0.261. The van der Waals surface area contributed by atoms with Gasteiger partial charge >= 0.3 is 12.4 Å². The van der Waals surface area contributed by atoms with Crippen LogP contribution in [0.5, 0.6) is 0 Å². The van der Waals surface area contributed by atoms with Gasteiger partial charge in [0.1, 0.15) is 0 Å². The molecule has 2 aliphatic rings. The van der Waals surface area contributed by atoms with Gasteiger partial charge in [-0.2, -0.15) is 26.3 Å². The summed E-state index contributed by atoms with van der Waals surface area (Å²) in [5.74, 6) is -0.667. The Bertz CT molecular complexity index is 1420. The number of halogens is 8. The van der Waals surface area contributed by atoms with Crippen molar-refractivity contribution in [1.82, 2.24) is 10.6 Å². The third-order valence-electron chi connectivity index (χ3n) is 7.95. The minimum Gasteiger partial charge on any atom is -0.371 e. The summed E-state index contributed by atoms with van der Waals surface area (Å²) in [5.41, 5.74) is -2.40. The first-order chi connectivity index (χ1) is 19.8. The summed E-state index contributed by atoms with van der Waals surface area (Å²) >= 11 is 12.2. The maximum Gasteiger partial charge on any atom is 0.416 e. The highest BCUT2D eigenvalue weighted by Crippen LogP contribution is 2.48. The molecule has 2 aliphatic heterocycles. The van der Waals surface area contributed by atoms with Crippen LogP contribution in [0.2, 0.25) is 10.0 Å². The molecular formula is C30H26Cl2F6N2O2. The third-order valence-corrected chi connectivity index (χ3v) is 8.54. The first-order valence-electron chi connectivity index (χ1n) is 13.2. The van der Waals surface area contributed by atoms with E-state index in [-0.39, 0.29) is 30.1 Å². The summed E-state index contributed by atoms with van der Waals surface area (Å²) in [5, 5.41) is 7.36. The van der Waals surface area contributed by atoms with Crippen molar-refractivity contribution in [2.24, 2.45) is 5.92 Å². The molecule has 0 aromatic heterocycles. The van der Waals surface area contributed by atoms with Gasteiger partial charge in [0, 0.05) is 22.6 Å². The summed E-state index contributed by atoms with van der Waals surface area (Å²) in [4.78, 5) is 13.4. The van der Waals surface area contributed by atoms with Gasteiger partial charge in [0.15, 0.2) is 0 Å². The minimum absolute atomic E-state index is 0.0964. The van der Waals surface area contributed by atoms with Gasteiger partial charge in [-0.05, 0) is 66.3 Å². The summed E-state index contributed by atoms with van der Waals surface area (Å²) in [6.45, 7) is -0.280. The van der Waals surface area contributed by atoms with Gasteiger partial charge in [-0.3, -0.25) is 4.79 Å². The zero-order valence-electron chi connectivity index (χ0n) is 22.0. The number of carbonyl (C=O) groups excluding carboxylic acids is 1. The molecule has 3 aromatic carbocycles. The summed E-state index contributed by atoms with van der Waals surface area (Å²) < 4.78 is 86.5. The molecule has 224 valence electrons. The van der Waals surface area contributed by atoms with Crippen LogP contribution in [0.15, 0.2) is 66.7 Å². The van der Waals surface area contributed by atoms with Crippen molar-refractivity contribution in [1.29, 1.82) is 0 Å². The van der Waals surface area contributed by atoms with Crippen molar-refractivity contribution < 1.29 is 35.9 Å². The highest BCUT2D eigenvalue weighted by Gasteiger charge is 2.56. The molecule has 42 heavy (non-hydrogen) atoms. The van der Waals surface area contributed by atoms with Crippen molar-refractivity contribution in [3.05, 3.63) is 105 Å². The number of hydrogen-bond donors (Lipinski definition) is 2. The standard InChI is InChI=1S/C30H26Cl2F6N2O2/c31-22-7-6-18(24(32)13-22)15-39-27(41)23-14-28(19-4-2-1-3-5-19)26(9-8-25(23)40-28)42-16-17-10-20(29(33,34)35)12-21(11-17)30(36,37)38/h1-7,10-13,23,25-26,40H,8-9,14-16H2,(H,39,41). The SMILES string of the molecule is O=C(NCc1ccc(Cl)cc1Cl)C1CC2(c3ccccc3)NC1CCC2OCc1cc(C(F)(F)F)cc(C(F)(F)F)c1. The van der Waals surface area contributed by atoms with Crippen LogP contribution in [-0.4, -0.2) is 18.1 Å². The predicted octanol–water partition coefficient (Wildman–Crippen LogP) is 7.90. The fourth-order valence-electron chi connectivity index (χ4n) is 5.96. The monoisotopic (exact) mass is 630 g/mol. The van der Waals surface area contributed by atoms with Gasteiger partial charge in [0.25, 0.3) is 0 Å². The molecule has 5 rings (SSSR count). The molecule has 12 heteroatoms. The van der Waals surface area contributed by atoms with Crippen molar-refractivity contribution in [2.45, 2.75) is 62.5 Å². The Balaban J connectivity index is 1.38. The van der Waals surface area contributed by atoms with Crippen molar-refractivity contribution in [3.8, 4) is 0 Å². The molecule has 1 amide bonds. The fraction of sp³-hybridized carbons (Fsp3) is 0.367. The van der Waals surface area contributed by atoms with Crippen molar-refractivity contribution >= 4 is 29.1 Å². The number of fused-ring (bicyclic) bond motifs is 2. The van der Waals surface area contributed by atoms with Crippen LogP contribution in [0, 0.1) is 5.92 Å². The van der Waals surface area contributed by atoms with Gasteiger partial charge in [0.05, 0.1) is 35.3 Å². The number of nitrogens with one attached hydrogen (secondary N) is 2. The molecule has 4 unspecified atom stereocenters. The highest BCUT2D eigenvalue weighted by atomic mass is 35.5. The summed E-state index contributed by atoms with van der Waals surface area (Å²) in [7, 11) is 0. The second kappa shape index (κ2) is 11.7. The fourth-order valence-corrected chi connectivity index (χ4v) is 6.43. The largest absolute Gasteiger partial charge is 0.416 e. The molecule has 0 radical (unpaired) electrons. The molecule has 0 spiro atoms. The van der Waals surface area contributed by atoms with E-state index in [2.05, 4.69) is 10.6 Å². The van der Waals surface area contributed by atoms with E-state index in [1.807, 2.05) is 30.3 Å². The minimum atomic E-state index is -4.96. The predicted molar refractivity (Wildman–Crippen MR) is 146 cm³/mol. The molecule has 2 fully saturated rings. The summed E-state index contributed by atoms with van der Waals surface area (Å²) in [6.07, 6.45) is -9.24. The van der Waals surface area contributed by atoms with Crippen LogP contribution < -0.4 is 10.6 Å². The van der Waals surface area contributed by atoms with Crippen LogP contribution in [0.3, 0.4) is 0 Å². The smallest absolute Gasteiger partial charge is 0.371 e. The average molecular weight is 631 g/mol. The van der Waals surface area contributed by atoms with Crippen LogP contribution in [0.25, 0.3) is 0 Å². The first kappa shape index (κ1) is 30.7. The molecule has 0 saturated carbocycles. The molecule has 4 nitrogen and oxygen atoms in total. The molecule has 2 heterocycles. The van der Waals surface area contributed by atoms with Gasteiger partial charge in [0.2, 0.25) is 5.91 Å². The number of piperidine rings is 1. The number of hydrogen-bond acceptors (Lipinski definition) is 3. The first-order valence-corrected chi connectivity index (χ1v) is 14.0. The maximum atomic E-state index is 13.4. The van der Waals surface area contributed by atoms with E-state index in [1.54, 1.807) is 18.2 Å². The zero-order chi connectivity index (χ0) is 30.3. The van der Waals surface area contributed by atoms with E-state index in [9.17, 15) is 31.1 Å². The average Bonchev–Trinajstić information content (AvgIpc) is 3.25. The number of amides is 1. The second-order valence-corrected chi connectivity index (χ2v) is 11.5. The topological polar surface area (TPSA) is 50.4 Å². The summed E-state index contributed by atoms with van der Waals surface area (Å²) in [6, 6.07) is 15.4. The Labute approximate surface area is 248 Å². The lowest BCUT2D eigenvalue weighted by atomic mass is 9.80. The van der Waals surface area contributed by atoms with E-state index in [0.29, 0.717) is 47.0 Å². The third kappa shape index (κ3) is 6.41. The second-order valence-electron chi connectivity index (χ2n) is 10.6. The van der Waals surface area contributed by atoms with Crippen LogP contribution in [-0.2, 0) is 40.6 Å². The van der Waals surface area contributed by atoms with E-state index < -0.39 is 47.6 Å². The highest BCUT2D eigenvalue weighted by molar-refractivity contribution is 6.35. The lowest BCUT2D eigenvalue weighted by molar-refractivity contribution is -0.143. The molecule has 2 N–H and O–H groups in total.